The molecule has 0 saturated carbocycles. The SMILES string of the molecule is CCNC(=NCc1ccccc1)NCCc1ccc2c(c1)CCO2. The Bertz CT molecular complexity index is 683. The number of nitrogens with zero attached hydrogens (tertiary/aromatic N) is 1. The molecule has 0 fully saturated rings. The van der Waals surface area contributed by atoms with E-state index in [0.29, 0.717) is 6.54 Å². The van der Waals surface area contributed by atoms with E-state index in [9.17, 15) is 0 Å². The summed E-state index contributed by atoms with van der Waals surface area (Å²) in [5, 5.41) is 6.71. The second kappa shape index (κ2) is 8.39. The number of guanidine groups is 1. The smallest absolute Gasteiger partial charge is 0.191 e. The second-order valence-corrected chi connectivity index (χ2v) is 5.90. The second-order valence-electron chi connectivity index (χ2n) is 5.90. The highest BCUT2D eigenvalue weighted by molar-refractivity contribution is 5.79. The van der Waals surface area contributed by atoms with Crippen molar-refractivity contribution in [2.45, 2.75) is 26.3 Å². The molecule has 1 heterocycles. The molecular weight excluding hydrogens is 298 g/mol. The zero-order valence-corrected chi connectivity index (χ0v) is 14.2. The zero-order valence-electron chi connectivity index (χ0n) is 14.2. The molecule has 0 aromatic heterocycles. The summed E-state index contributed by atoms with van der Waals surface area (Å²) in [5.74, 6) is 1.91. The molecule has 0 aliphatic carbocycles. The van der Waals surface area contributed by atoms with Gasteiger partial charge in [0.15, 0.2) is 5.96 Å². The van der Waals surface area contributed by atoms with Gasteiger partial charge in [-0.2, -0.15) is 0 Å². The predicted molar refractivity (Wildman–Crippen MR) is 98.6 cm³/mol. The minimum Gasteiger partial charge on any atom is -0.493 e. The van der Waals surface area contributed by atoms with Gasteiger partial charge in [0.25, 0.3) is 0 Å². The Morgan fingerprint density at radius 2 is 1.96 bits per heavy atom. The molecule has 1 aliphatic rings. The first-order valence-electron chi connectivity index (χ1n) is 8.66. The Kier molecular flexibility index (Phi) is 5.72. The highest BCUT2D eigenvalue weighted by atomic mass is 16.5. The van der Waals surface area contributed by atoms with Crippen molar-refractivity contribution in [3.05, 3.63) is 65.2 Å². The predicted octanol–water partition coefficient (Wildman–Crippen LogP) is 2.92. The van der Waals surface area contributed by atoms with Crippen molar-refractivity contribution in [3.63, 3.8) is 0 Å². The quantitative estimate of drug-likeness (QED) is 0.635. The normalized spacial score (nSPS) is 13.3. The molecule has 4 nitrogen and oxygen atoms in total. The Balaban J connectivity index is 1.52. The third-order valence-electron chi connectivity index (χ3n) is 4.07. The third kappa shape index (κ3) is 4.51. The van der Waals surface area contributed by atoms with E-state index in [-0.39, 0.29) is 0 Å². The number of benzene rings is 2. The van der Waals surface area contributed by atoms with Gasteiger partial charge in [-0.25, -0.2) is 4.99 Å². The summed E-state index contributed by atoms with van der Waals surface area (Å²) in [6, 6.07) is 16.8. The zero-order chi connectivity index (χ0) is 16.6. The standard InChI is InChI=1S/C20H25N3O/c1-2-21-20(23-15-17-6-4-3-5-7-17)22-12-10-16-8-9-19-18(14-16)11-13-24-19/h3-9,14H,2,10-13,15H2,1H3,(H2,21,22,23). The van der Waals surface area contributed by atoms with Crippen LogP contribution in [0.2, 0.25) is 0 Å². The van der Waals surface area contributed by atoms with Gasteiger partial charge in [-0.1, -0.05) is 42.5 Å². The number of hydrogen-bond donors (Lipinski definition) is 2. The first-order chi connectivity index (χ1) is 11.8. The molecule has 0 amide bonds. The molecule has 126 valence electrons. The van der Waals surface area contributed by atoms with E-state index in [1.165, 1.54) is 16.7 Å². The summed E-state index contributed by atoms with van der Waals surface area (Å²) in [6.45, 7) is 5.30. The molecule has 0 atom stereocenters. The van der Waals surface area contributed by atoms with E-state index in [1.54, 1.807) is 0 Å². The van der Waals surface area contributed by atoms with Crippen LogP contribution in [0.3, 0.4) is 0 Å². The average molecular weight is 323 g/mol. The van der Waals surface area contributed by atoms with Gasteiger partial charge in [-0.3, -0.25) is 0 Å². The summed E-state index contributed by atoms with van der Waals surface area (Å²) < 4.78 is 5.56. The highest BCUT2D eigenvalue weighted by Gasteiger charge is 2.11. The lowest BCUT2D eigenvalue weighted by Gasteiger charge is -2.11. The van der Waals surface area contributed by atoms with Crippen molar-refractivity contribution in [1.29, 1.82) is 0 Å². The fourth-order valence-corrected chi connectivity index (χ4v) is 2.82. The fourth-order valence-electron chi connectivity index (χ4n) is 2.82. The van der Waals surface area contributed by atoms with Crippen molar-refractivity contribution in [3.8, 4) is 5.75 Å². The number of aliphatic imine (C=N–C) groups is 1. The van der Waals surface area contributed by atoms with Crippen LogP contribution in [0.5, 0.6) is 5.75 Å². The van der Waals surface area contributed by atoms with Gasteiger partial charge < -0.3 is 15.4 Å². The summed E-state index contributed by atoms with van der Waals surface area (Å²) in [7, 11) is 0. The number of ether oxygens (including phenoxy) is 1. The number of fused-ring (bicyclic) bond motifs is 1. The van der Waals surface area contributed by atoms with E-state index in [1.807, 2.05) is 18.2 Å². The number of hydrogen-bond acceptors (Lipinski definition) is 2. The van der Waals surface area contributed by atoms with Crippen molar-refractivity contribution >= 4 is 5.96 Å². The lowest BCUT2D eigenvalue weighted by atomic mass is 10.1. The molecule has 0 radical (unpaired) electrons. The van der Waals surface area contributed by atoms with Gasteiger partial charge in [-0.05, 0) is 36.1 Å². The van der Waals surface area contributed by atoms with Crippen molar-refractivity contribution in [2.24, 2.45) is 4.99 Å². The van der Waals surface area contributed by atoms with Crippen LogP contribution in [-0.4, -0.2) is 25.7 Å². The molecule has 0 saturated heterocycles. The first kappa shape index (κ1) is 16.4. The van der Waals surface area contributed by atoms with Gasteiger partial charge >= 0.3 is 0 Å². The van der Waals surface area contributed by atoms with Crippen molar-refractivity contribution < 1.29 is 4.74 Å². The highest BCUT2D eigenvalue weighted by Crippen LogP contribution is 2.25. The fraction of sp³-hybridized carbons (Fsp3) is 0.350. The maximum atomic E-state index is 5.56. The van der Waals surface area contributed by atoms with E-state index >= 15 is 0 Å². The number of rotatable bonds is 6. The molecule has 2 aromatic carbocycles. The van der Waals surface area contributed by atoms with Crippen LogP contribution in [0, 0.1) is 0 Å². The van der Waals surface area contributed by atoms with Gasteiger partial charge in [0.1, 0.15) is 5.75 Å². The molecule has 2 N–H and O–H groups in total. The minimum absolute atomic E-state index is 0.687. The Morgan fingerprint density at radius 3 is 2.79 bits per heavy atom. The maximum absolute atomic E-state index is 5.56. The summed E-state index contributed by atoms with van der Waals surface area (Å²) in [5.41, 5.74) is 3.89. The van der Waals surface area contributed by atoms with E-state index in [2.05, 4.69) is 52.9 Å². The monoisotopic (exact) mass is 323 g/mol. The first-order valence-corrected chi connectivity index (χ1v) is 8.66. The van der Waals surface area contributed by atoms with Crippen LogP contribution in [0.25, 0.3) is 0 Å². The Labute approximate surface area is 144 Å². The van der Waals surface area contributed by atoms with Crippen LogP contribution in [-0.2, 0) is 19.4 Å². The third-order valence-corrected chi connectivity index (χ3v) is 4.07. The molecule has 4 heteroatoms. The lowest BCUT2D eigenvalue weighted by Crippen LogP contribution is -2.38. The van der Waals surface area contributed by atoms with Crippen LogP contribution >= 0.6 is 0 Å². The van der Waals surface area contributed by atoms with Crippen LogP contribution in [0.4, 0.5) is 0 Å². The maximum Gasteiger partial charge on any atom is 0.191 e. The van der Waals surface area contributed by atoms with Crippen LogP contribution in [0.1, 0.15) is 23.6 Å². The molecular formula is C20H25N3O. The van der Waals surface area contributed by atoms with E-state index in [0.717, 1.165) is 44.2 Å². The largest absolute Gasteiger partial charge is 0.493 e. The molecule has 3 rings (SSSR count). The van der Waals surface area contributed by atoms with Crippen molar-refractivity contribution in [2.75, 3.05) is 19.7 Å². The van der Waals surface area contributed by atoms with Crippen LogP contribution < -0.4 is 15.4 Å². The van der Waals surface area contributed by atoms with Crippen molar-refractivity contribution in [1.82, 2.24) is 10.6 Å². The van der Waals surface area contributed by atoms with Gasteiger partial charge in [0, 0.05) is 19.5 Å². The molecule has 0 spiro atoms. The molecule has 0 bridgehead atoms. The average Bonchev–Trinajstić information content (AvgIpc) is 3.08. The Hall–Kier alpha value is -2.49. The van der Waals surface area contributed by atoms with E-state index in [4.69, 9.17) is 4.74 Å². The van der Waals surface area contributed by atoms with Crippen LogP contribution in [0.15, 0.2) is 53.5 Å². The minimum atomic E-state index is 0.687. The Morgan fingerprint density at radius 1 is 1.08 bits per heavy atom. The summed E-state index contributed by atoms with van der Waals surface area (Å²) >= 11 is 0. The molecule has 0 unspecified atom stereocenters. The van der Waals surface area contributed by atoms with Gasteiger partial charge in [0.2, 0.25) is 0 Å². The lowest BCUT2D eigenvalue weighted by molar-refractivity contribution is 0.357. The number of nitrogens with one attached hydrogen (secondary N) is 2. The van der Waals surface area contributed by atoms with Gasteiger partial charge in [-0.15, -0.1) is 0 Å². The summed E-state index contributed by atoms with van der Waals surface area (Å²) in [4.78, 5) is 4.65. The molecule has 1 aliphatic heterocycles. The van der Waals surface area contributed by atoms with E-state index < -0.39 is 0 Å². The summed E-state index contributed by atoms with van der Waals surface area (Å²) in [6.07, 6.45) is 2.00. The molecule has 24 heavy (non-hydrogen) atoms. The molecule has 2 aromatic rings. The topological polar surface area (TPSA) is 45.7 Å². The van der Waals surface area contributed by atoms with Gasteiger partial charge in [0.05, 0.1) is 13.2 Å².